The number of piperidine rings is 1. The number of amides is 1. The van der Waals surface area contributed by atoms with E-state index in [9.17, 15) is 4.79 Å². The summed E-state index contributed by atoms with van der Waals surface area (Å²) in [4.78, 5) is 19.1. The Morgan fingerprint density at radius 3 is 3.10 bits per heavy atom. The number of hydrogen-bond acceptors (Lipinski definition) is 3. The van der Waals surface area contributed by atoms with Gasteiger partial charge in [-0.2, -0.15) is 5.10 Å². The highest BCUT2D eigenvalue weighted by Crippen LogP contribution is 2.23. The van der Waals surface area contributed by atoms with Crippen molar-refractivity contribution in [2.24, 2.45) is 0 Å². The molecule has 1 amide bonds. The molecule has 1 atom stereocenters. The quantitative estimate of drug-likeness (QED) is 0.847. The Balaban J connectivity index is 1.95. The molecular formula is C14H17BrN4O. The zero-order valence-electron chi connectivity index (χ0n) is 11.4. The third kappa shape index (κ3) is 2.32. The third-order valence-electron chi connectivity index (χ3n) is 3.91. The first-order valence-corrected chi connectivity index (χ1v) is 7.80. The van der Waals surface area contributed by atoms with Crippen molar-refractivity contribution in [3.8, 4) is 0 Å². The predicted molar refractivity (Wildman–Crippen MR) is 79.7 cm³/mol. The molecule has 1 aliphatic rings. The minimum atomic E-state index is 0.0568. The lowest BCUT2D eigenvalue weighted by Crippen LogP contribution is -2.43. The zero-order chi connectivity index (χ0) is 14.1. The van der Waals surface area contributed by atoms with Crippen molar-refractivity contribution in [2.75, 3.05) is 6.54 Å². The lowest BCUT2D eigenvalue weighted by Gasteiger charge is -2.35. The van der Waals surface area contributed by atoms with Crippen LogP contribution in [0.5, 0.6) is 0 Å². The van der Waals surface area contributed by atoms with Crippen LogP contribution in [0, 0.1) is 0 Å². The van der Waals surface area contributed by atoms with Gasteiger partial charge in [-0.1, -0.05) is 6.92 Å². The van der Waals surface area contributed by atoms with Gasteiger partial charge in [0, 0.05) is 25.0 Å². The van der Waals surface area contributed by atoms with Crippen molar-refractivity contribution in [2.45, 2.75) is 38.6 Å². The number of hydrogen-bond donors (Lipinski definition) is 0. The topological polar surface area (TPSA) is 50.5 Å². The van der Waals surface area contributed by atoms with Gasteiger partial charge >= 0.3 is 0 Å². The van der Waals surface area contributed by atoms with Crippen LogP contribution in [0.3, 0.4) is 0 Å². The van der Waals surface area contributed by atoms with Crippen molar-refractivity contribution in [3.05, 3.63) is 28.6 Å². The molecule has 0 radical (unpaired) electrons. The third-order valence-corrected chi connectivity index (χ3v) is 4.32. The van der Waals surface area contributed by atoms with Crippen LogP contribution < -0.4 is 0 Å². The Morgan fingerprint density at radius 1 is 1.45 bits per heavy atom. The Kier molecular flexibility index (Phi) is 3.74. The highest BCUT2D eigenvalue weighted by molar-refractivity contribution is 9.10. The maximum absolute atomic E-state index is 12.7. The van der Waals surface area contributed by atoms with E-state index in [0.29, 0.717) is 17.3 Å². The van der Waals surface area contributed by atoms with Gasteiger partial charge in [0.25, 0.3) is 5.91 Å². The molecule has 2 aromatic rings. The molecule has 2 aromatic heterocycles. The molecule has 106 valence electrons. The van der Waals surface area contributed by atoms with Gasteiger partial charge in [-0.05, 0) is 41.6 Å². The summed E-state index contributed by atoms with van der Waals surface area (Å²) in [5, 5.41) is 4.22. The predicted octanol–water partition coefficient (Wildman–Crippen LogP) is 2.90. The number of halogens is 1. The monoisotopic (exact) mass is 336 g/mol. The molecule has 0 spiro atoms. The average Bonchev–Trinajstić information content (AvgIpc) is 2.89. The van der Waals surface area contributed by atoms with Crippen molar-refractivity contribution in [3.63, 3.8) is 0 Å². The number of aromatic nitrogens is 3. The molecule has 0 aliphatic carbocycles. The van der Waals surface area contributed by atoms with E-state index in [1.165, 1.54) is 6.42 Å². The Bertz CT molecular complexity index is 639. The Hall–Kier alpha value is -1.43. The van der Waals surface area contributed by atoms with Crippen LogP contribution in [-0.2, 0) is 0 Å². The van der Waals surface area contributed by atoms with Crippen LogP contribution in [0.25, 0.3) is 5.65 Å². The zero-order valence-corrected chi connectivity index (χ0v) is 13.0. The summed E-state index contributed by atoms with van der Waals surface area (Å²) in [5.41, 5.74) is 1.22. The summed E-state index contributed by atoms with van der Waals surface area (Å²) in [6.07, 6.45) is 9.53. The van der Waals surface area contributed by atoms with Crippen molar-refractivity contribution in [1.29, 1.82) is 0 Å². The van der Waals surface area contributed by atoms with E-state index in [0.717, 1.165) is 30.3 Å². The van der Waals surface area contributed by atoms with Gasteiger partial charge in [0.15, 0.2) is 5.65 Å². The molecule has 0 aromatic carbocycles. The van der Waals surface area contributed by atoms with E-state index in [-0.39, 0.29) is 5.91 Å². The van der Waals surface area contributed by atoms with E-state index < -0.39 is 0 Å². The van der Waals surface area contributed by atoms with Crippen LogP contribution in [0.4, 0.5) is 0 Å². The molecule has 1 saturated heterocycles. The summed E-state index contributed by atoms with van der Waals surface area (Å²) in [6, 6.07) is 0.349. The summed E-state index contributed by atoms with van der Waals surface area (Å²) >= 11 is 3.36. The summed E-state index contributed by atoms with van der Waals surface area (Å²) in [5.74, 6) is 0.0568. The van der Waals surface area contributed by atoms with Crippen LogP contribution in [0.1, 0.15) is 43.0 Å². The van der Waals surface area contributed by atoms with Gasteiger partial charge in [-0.25, -0.2) is 9.50 Å². The van der Waals surface area contributed by atoms with E-state index >= 15 is 0 Å². The van der Waals surface area contributed by atoms with Crippen LogP contribution in [-0.4, -0.2) is 38.0 Å². The molecule has 0 bridgehead atoms. The molecule has 20 heavy (non-hydrogen) atoms. The normalized spacial score (nSPS) is 19.5. The molecule has 0 unspecified atom stereocenters. The first kappa shape index (κ1) is 13.5. The van der Waals surface area contributed by atoms with E-state index in [4.69, 9.17) is 0 Å². The number of carbonyl (C=O) groups excluding carboxylic acids is 1. The van der Waals surface area contributed by atoms with Crippen molar-refractivity contribution < 1.29 is 4.79 Å². The second-order valence-corrected chi connectivity index (χ2v) is 6.07. The molecule has 1 fully saturated rings. The highest BCUT2D eigenvalue weighted by atomic mass is 79.9. The first-order valence-electron chi connectivity index (χ1n) is 7.00. The maximum atomic E-state index is 12.7. The number of nitrogens with zero attached hydrogens (tertiary/aromatic N) is 4. The molecule has 3 rings (SSSR count). The van der Waals surface area contributed by atoms with Gasteiger partial charge in [0.1, 0.15) is 5.56 Å². The van der Waals surface area contributed by atoms with Gasteiger partial charge < -0.3 is 4.90 Å². The average molecular weight is 337 g/mol. The largest absolute Gasteiger partial charge is 0.336 e. The van der Waals surface area contributed by atoms with Gasteiger partial charge in [-0.15, -0.1) is 0 Å². The first-order chi connectivity index (χ1) is 9.70. The van der Waals surface area contributed by atoms with E-state index in [1.54, 1.807) is 16.9 Å². The molecule has 5 nitrogen and oxygen atoms in total. The van der Waals surface area contributed by atoms with Crippen LogP contribution in [0.15, 0.2) is 23.1 Å². The molecule has 0 saturated carbocycles. The number of fused-ring (bicyclic) bond motifs is 1. The number of rotatable bonds is 2. The van der Waals surface area contributed by atoms with E-state index in [2.05, 4.69) is 32.9 Å². The molecule has 6 heteroatoms. The molecule has 1 aliphatic heterocycles. The standard InChI is InChI=1S/C14H17BrN4O/c1-2-11-5-3-4-6-18(11)14(20)12-8-17-19-9-10(15)7-16-13(12)19/h7-9,11H,2-6H2,1H3/t11-/m1/s1. The number of likely N-dealkylation sites (tertiary alicyclic amines) is 1. The van der Waals surface area contributed by atoms with Gasteiger partial charge in [0.2, 0.25) is 0 Å². The molecular weight excluding hydrogens is 320 g/mol. The van der Waals surface area contributed by atoms with Gasteiger partial charge in [-0.3, -0.25) is 4.79 Å². The fraction of sp³-hybridized carbons (Fsp3) is 0.500. The summed E-state index contributed by atoms with van der Waals surface area (Å²) in [6.45, 7) is 2.98. The van der Waals surface area contributed by atoms with Crippen LogP contribution >= 0.6 is 15.9 Å². The lowest BCUT2D eigenvalue weighted by molar-refractivity contribution is 0.0610. The van der Waals surface area contributed by atoms with Crippen molar-refractivity contribution >= 4 is 27.5 Å². The number of carbonyl (C=O) groups is 1. The van der Waals surface area contributed by atoms with Gasteiger partial charge in [0.05, 0.1) is 10.7 Å². The summed E-state index contributed by atoms with van der Waals surface area (Å²) in [7, 11) is 0. The second kappa shape index (κ2) is 5.52. The second-order valence-electron chi connectivity index (χ2n) is 5.16. The fourth-order valence-electron chi connectivity index (χ4n) is 2.85. The maximum Gasteiger partial charge on any atom is 0.259 e. The molecule has 3 heterocycles. The minimum absolute atomic E-state index is 0.0568. The lowest BCUT2D eigenvalue weighted by atomic mass is 9.99. The fourth-order valence-corrected chi connectivity index (χ4v) is 3.15. The van der Waals surface area contributed by atoms with Crippen molar-refractivity contribution in [1.82, 2.24) is 19.5 Å². The SMILES string of the molecule is CC[C@@H]1CCCCN1C(=O)c1cnn2cc(Br)cnc12. The Morgan fingerprint density at radius 2 is 2.30 bits per heavy atom. The molecule has 0 N–H and O–H groups in total. The Labute approximate surface area is 126 Å². The van der Waals surface area contributed by atoms with Crippen LogP contribution in [0.2, 0.25) is 0 Å². The smallest absolute Gasteiger partial charge is 0.259 e. The van der Waals surface area contributed by atoms with E-state index in [1.807, 2.05) is 11.1 Å². The minimum Gasteiger partial charge on any atom is -0.336 e. The highest BCUT2D eigenvalue weighted by Gasteiger charge is 2.28. The summed E-state index contributed by atoms with van der Waals surface area (Å²) < 4.78 is 2.49.